The van der Waals surface area contributed by atoms with Crippen LogP contribution in [0.5, 0.6) is 0 Å². The molecule has 146 valence electrons. The number of hydrogen-bond donors (Lipinski definition) is 0. The summed E-state index contributed by atoms with van der Waals surface area (Å²) in [5.74, 6) is 3.05. The Morgan fingerprint density at radius 3 is 2.56 bits per heavy atom. The molecule has 0 aromatic carbocycles. The molecule has 0 radical (unpaired) electrons. The van der Waals surface area contributed by atoms with E-state index in [-0.39, 0.29) is 23.1 Å². The first-order valence-corrected chi connectivity index (χ1v) is 10.7. The van der Waals surface area contributed by atoms with Gasteiger partial charge < -0.3 is 4.74 Å². The van der Waals surface area contributed by atoms with Gasteiger partial charge in [0, 0.05) is 24.7 Å². The van der Waals surface area contributed by atoms with E-state index in [2.05, 4.69) is 6.92 Å². The molecule has 0 aromatic rings. The van der Waals surface area contributed by atoms with Crippen molar-refractivity contribution in [3.05, 3.63) is 11.6 Å². The molecule has 0 aliphatic heterocycles. The van der Waals surface area contributed by atoms with Crippen LogP contribution in [-0.2, 0) is 19.1 Å². The molecule has 4 fully saturated rings. The zero-order valence-electron chi connectivity index (χ0n) is 16.6. The number of hydrogen-bond acceptors (Lipinski definition) is 4. The van der Waals surface area contributed by atoms with Crippen molar-refractivity contribution in [3.63, 3.8) is 0 Å². The lowest BCUT2D eigenvalue weighted by atomic mass is 9.48. The first-order chi connectivity index (χ1) is 12.8. The van der Waals surface area contributed by atoms with Crippen LogP contribution in [0.15, 0.2) is 11.6 Å². The molecule has 4 nitrogen and oxygen atoms in total. The predicted octanol–water partition coefficient (Wildman–Crippen LogP) is 3.88. The molecule has 0 N–H and O–H groups in total. The van der Waals surface area contributed by atoms with Crippen molar-refractivity contribution in [2.24, 2.45) is 40.9 Å². The van der Waals surface area contributed by atoms with Gasteiger partial charge in [0.2, 0.25) is 0 Å². The van der Waals surface area contributed by atoms with Gasteiger partial charge in [0.25, 0.3) is 0 Å². The number of ether oxygens (including phenoxy) is 1. The van der Waals surface area contributed by atoms with Crippen molar-refractivity contribution in [1.29, 1.82) is 0 Å². The monoisotopic (exact) mass is 370 g/mol. The summed E-state index contributed by atoms with van der Waals surface area (Å²) < 4.78 is 5.94. The van der Waals surface area contributed by atoms with Gasteiger partial charge in [-0.05, 0) is 81.1 Å². The average molecular weight is 370 g/mol. The maximum Gasteiger partial charge on any atom is 0.303 e. The Hall–Kier alpha value is -1.45. The van der Waals surface area contributed by atoms with E-state index in [0.29, 0.717) is 41.8 Å². The molecule has 4 heteroatoms. The number of allylic oxidation sites excluding steroid dienone is 1. The largest absolute Gasteiger partial charge is 0.450 e. The quantitative estimate of drug-likeness (QED) is 0.692. The molecule has 5 aliphatic rings. The van der Waals surface area contributed by atoms with E-state index < -0.39 is 5.60 Å². The molecule has 0 aromatic heterocycles. The summed E-state index contributed by atoms with van der Waals surface area (Å²) in [7, 11) is 0. The zero-order chi connectivity index (χ0) is 19.1. The molecule has 0 amide bonds. The smallest absolute Gasteiger partial charge is 0.303 e. The third-order valence-corrected chi connectivity index (χ3v) is 9.05. The Kier molecular flexibility index (Phi) is 3.62. The van der Waals surface area contributed by atoms with Crippen LogP contribution in [0.3, 0.4) is 0 Å². The van der Waals surface area contributed by atoms with Gasteiger partial charge in [-0.25, -0.2) is 0 Å². The van der Waals surface area contributed by atoms with E-state index in [1.807, 2.05) is 6.08 Å². The van der Waals surface area contributed by atoms with Gasteiger partial charge in [-0.1, -0.05) is 12.5 Å². The van der Waals surface area contributed by atoms with Crippen molar-refractivity contribution < 1.29 is 19.1 Å². The highest BCUT2D eigenvalue weighted by Gasteiger charge is 2.79. The van der Waals surface area contributed by atoms with Crippen LogP contribution >= 0.6 is 0 Å². The molecule has 0 spiro atoms. The molecule has 27 heavy (non-hydrogen) atoms. The molecule has 8 atom stereocenters. The number of ketones is 2. The van der Waals surface area contributed by atoms with E-state index in [4.69, 9.17) is 4.74 Å². The van der Waals surface area contributed by atoms with Gasteiger partial charge in [0.1, 0.15) is 0 Å². The van der Waals surface area contributed by atoms with Gasteiger partial charge in [0.05, 0.1) is 0 Å². The number of fused-ring (bicyclic) bond motifs is 7. The molecule has 5 aliphatic carbocycles. The molecule has 0 unspecified atom stereocenters. The molecular formula is C23H30O4. The van der Waals surface area contributed by atoms with E-state index in [1.54, 1.807) is 6.92 Å². The minimum atomic E-state index is -0.905. The van der Waals surface area contributed by atoms with Crippen molar-refractivity contribution in [2.45, 2.75) is 71.3 Å². The summed E-state index contributed by atoms with van der Waals surface area (Å²) >= 11 is 0. The van der Waals surface area contributed by atoms with E-state index in [9.17, 15) is 14.4 Å². The standard InChI is InChI=1S/C23H30O4/c1-12(24)23(27-13(2)25)20-11-19(20)21-18-6-4-14-10-15(26)5-7-16(14)17(18)8-9-22(21,23)3/h10,16-21H,4-9,11H2,1-3H3/t16-,17+,18+,19+,20-,21+,22-,23+/m0/s1. The van der Waals surface area contributed by atoms with Crippen molar-refractivity contribution in [1.82, 2.24) is 0 Å². The topological polar surface area (TPSA) is 60.4 Å². The zero-order valence-corrected chi connectivity index (χ0v) is 16.6. The van der Waals surface area contributed by atoms with E-state index in [0.717, 1.165) is 38.5 Å². The fourth-order valence-corrected chi connectivity index (χ4v) is 8.31. The summed E-state index contributed by atoms with van der Waals surface area (Å²) in [4.78, 5) is 36.7. The summed E-state index contributed by atoms with van der Waals surface area (Å²) in [6.07, 6.45) is 8.86. The van der Waals surface area contributed by atoms with Crippen molar-refractivity contribution in [2.75, 3.05) is 0 Å². The first-order valence-electron chi connectivity index (χ1n) is 10.7. The predicted molar refractivity (Wildman–Crippen MR) is 99.6 cm³/mol. The summed E-state index contributed by atoms with van der Waals surface area (Å²) in [5, 5.41) is 0. The highest BCUT2D eigenvalue weighted by molar-refractivity contribution is 5.91. The molecule has 0 saturated heterocycles. The average Bonchev–Trinajstić information content (AvgIpc) is 3.34. The van der Waals surface area contributed by atoms with Crippen LogP contribution in [-0.4, -0.2) is 23.1 Å². The number of rotatable bonds is 2. The second-order valence-corrected chi connectivity index (χ2v) is 10.1. The SMILES string of the molecule is CC(=O)O[C@]1(C(C)=O)[C@H]2C[C@H]2[C@H]2[C@@H]3CCC4=CC(=O)CC[C@@H]4[C@H]3CC[C@@]21C. The molecule has 0 bridgehead atoms. The van der Waals surface area contributed by atoms with Crippen LogP contribution in [0.25, 0.3) is 0 Å². The Morgan fingerprint density at radius 2 is 1.85 bits per heavy atom. The van der Waals surface area contributed by atoms with Gasteiger partial charge in [-0.3, -0.25) is 14.4 Å². The van der Waals surface area contributed by atoms with Crippen LogP contribution in [0.2, 0.25) is 0 Å². The lowest BCUT2D eigenvalue weighted by Gasteiger charge is -2.57. The minimum absolute atomic E-state index is 0.0494. The number of carbonyl (C=O) groups excluding carboxylic acids is 3. The summed E-state index contributed by atoms with van der Waals surface area (Å²) in [6.45, 7) is 5.31. The highest BCUT2D eigenvalue weighted by Crippen LogP contribution is 2.76. The Morgan fingerprint density at radius 1 is 1.07 bits per heavy atom. The summed E-state index contributed by atoms with van der Waals surface area (Å²) in [6, 6.07) is 0. The minimum Gasteiger partial charge on any atom is -0.450 e. The van der Waals surface area contributed by atoms with Crippen LogP contribution in [0, 0.1) is 40.9 Å². The second-order valence-electron chi connectivity index (χ2n) is 10.1. The van der Waals surface area contributed by atoms with E-state index >= 15 is 0 Å². The highest BCUT2D eigenvalue weighted by atomic mass is 16.6. The number of esters is 1. The fourth-order valence-electron chi connectivity index (χ4n) is 8.31. The second kappa shape index (κ2) is 5.55. The van der Waals surface area contributed by atoms with E-state index in [1.165, 1.54) is 12.5 Å². The molecule has 4 saturated carbocycles. The van der Waals surface area contributed by atoms with Crippen molar-refractivity contribution in [3.8, 4) is 0 Å². The molecule has 5 rings (SSSR count). The maximum absolute atomic E-state index is 12.9. The van der Waals surface area contributed by atoms with Gasteiger partial charge in [-0.15, -0.1) is 0 Å². The lowest BCUT2D eigenvalue weighted by molar-refractivity contribution is -0.193. The number of Topliss-reactive ketones (excluding diaryl/α,β-unsaturated/α-hetero) is 1. The van der Waals surface area contributed by atoms with Gasteiger partial charge in [0.15, 0.2) is 17.2 Å². The third-order valence-electron chi connectivity index (χ3n) is 9.05. The fraction of sp³-hybridized carbons (Fsp3) is 0.783. The third kappa shape index (κ3) is 2.13. The van der Waals surface area contributed by atoms with Crippen LogP contribution in [0.1, 0.15) is 65.7 Å². The van der Waals surface area contributed by atoms with Crippen LogP contribution in [0.4, 0.5) is 0 Å². The molecule has 0 heterocycles. The van der Waals surface area contributed by atoms with Crippen LogP contribution < -0.4 is 0 Å². The molecular weight excluding hydrogens is 340 g/mol. The lowest BCUT2D eigenvalue weighted by Crippen LogP contribution is -2.60. The normalized spacial score (nSPS) is 49.9. The number of carbonyl (C=O) groups is 3. The van der Waals surface area contributed by atoms with Crippen molar-refractivity contribution >= 4 is 17.5 Å². The van der Waals surface area contributed by atoms with Gasteiger partial charge in [-0.2, -0.15) is 0 Å². The summed E-state index contributed by atoms with van der Waals surface area (Å²) in [5.41, 5.74) is 0.252. The Balaban J connectivity index is 1.53. The maximum atomic E-state index is 12.9. The first kappa shape index (κ1) is 17.6. The Labute approximate surface area is 161 Å². The van der Waals surface area contributed by atoms with Gasteiger partial charge >= 0.3 is 5.97 Å². The Bertz CT molecular complexity index is 766.